The molecule has 1 saturated carbocycles. The molecule has 1 fully saturated rings. The van der Waals surface area contributed by atoms with Crippen molar-refractivity contribution in [2.24, 2.45) is 11.7 Å². The van der Waals surface area contributed by atoms with Gasteiger partial charge in [-0.25, -0.2) is 0 Å². The molecule has 1 aliphatic carbocycles. The lowest BCUT2D eigenvalue weighted by molar-refractivity contribution is -0.132. The van der Waals surface area contributed by atoms with Crippen molar-refractivity contribution in [2.75, 3.05) is 27.3 Å². The van der Waals surface area contributed by atoms with Gasteiger partial charge in [-0.1, -0.05) is 0 Å². The molecule has 5 heteroatoms. The minimum Gasteiger partial charge on any atom is -0.389 e. The molecule has 5 nitrogen and oxygen atoms in total. The van der Waals surface area contributed by atoms with E-state index in [4.69, 9.17) is 10.5 Å². The fourth-order valence-corrected chi connectivity index (χ4v) is 1.71. The van der Waals surface area contributed by atoms with Crippen LogP contribution in [-0.2, 0) is 9.53 Å². The highest BCUT2D eigenvalue weighted by atomic mass is 16.5. The van der Waals surface area contributed by atoms with Gasteiger partial charge in [-0.2, -0.15) is 0 Å². The summed E-state index contributed by atoms with van der Waals surface area (Å²) in [6.07, 6.45) is 2.03. The summed E-state index contributed by atoms with van der Waals surface area (Å²) in [6.45, 7) is 0.538. The molecule has 3 N–H and O–H groups in total. The Balaban J connectivity index is 2.23. The molecule has 0 aromatic rings. The van der Waals surface area contributed by atoms with E-state index in [1.807, 2.05) is 0 Å². The van der Waals surface area contributed by atoms with E-state index in [-0.39, 0.29) is 18.6 Å². The second kappa shape index (κ2) is 6.18. The summed E-state index contributed by atoms with van der Waals surface area (Å²) in [4.78, 5) is 13.2. The smallest absolute Gasteiger partial charge is 0.223 e. The lowest BCUT2D eigenvalue weighted by Gasteiger charge is -2.22. The predicted molar refractivity (Wildman–Crippen MR) is 60.8 cm³/mol. The lowest BCUT2D eigenvalue weighted by atomic mass is 10.1. The number of ether oxygens (including phenoxy) is 1. The standard InChI is InChI=1S/C11H22N2O3/c1-13(6-9(14)7-16-2)11(15)5-10(12)8-3-4-8/h8-10,14H,3-7,12H2,1-2H3. The third kappa shape index (κ3) is 4.47. The van der Waals surface area contributed by atoms with E-state index in [1.165, 1.54) is 12.0 Å². The van der Waals surface area contributed by atoms with Crippen molar-refractivity contribution in [2.45, 2.75) is 31.4 Å². The van der Waals surface area contributed by atoms with Gasteiger partial charge in [0.2, 0.25) is 5.91 Å². The third-order valence-corrected chi connectivity index (χ3v) is 2.91. The van der Waals surface area contributed by atoms with Gasteiger partial charge >= 0.3 is 0 Å². The first kappa shape index (κ1) is 13.4. The number of rotatable bonds is 7. The number of nitrogens with zero attached hydrogens (tertiary/aromatic N) is 1. The molecule has 1 aliphatic rings. The molecular weight excluding hydrogens is 208 g/mol. The van der Waals surface area contributed by atoms with E-state index in [0.29, 0.717) is 18.9 Å². The fraction of sp³-hybridized carbons (Fsp3) is 0.909. The highest BCUT2D eigenvalue weighted by Crippen LogP contribution is 2.32. The van der Waals surface area contributed by atoms with E-state index in [1.54, 1.807) is 7.05 Å². The summed E-state index contributed by atoms with van der Waals surface area (Å²) in [5, 5.41) is 9.47. The molecule has 16 heavy (non-hydrogen) atoms. The first-order valence-corrected chi connectivity index (χ1v) is 5.71. The van der Waals surface area contributed by atoms with Crippen molar-refractivity contribution in [3.05, 3.63) is 0 Å². The first-order valence-electron chi connectivity index (χ1n) is 5.71. The molecule has 1 rings (SSSR count). The second-order valence-corrected chi connectivity index (χ2v) is 4.59. The normalized spacial score (nSPS) is 19.2. The van der Waals surface area contributed by atoms with Crippen LogP contribution in [0.4, 0.5) is 0 Å². The van der Waals surface area contributed by atoms with Crippen LogP contribution in [-0.4, -0.2) is 55.4 Å². The maximum Gasteiger partial charge on any atom is 0.223 e. The van der Waals surface area contributed by atoms with Crippen LogP contribution in [0, 0.1) is 5.92 Å². The third-order valence-electron chi connectivity index (χ3n) is 2.91. The van der Waals surface area contributed by atoms with Gasteiger partial charge in [0.1, 0.15) is 0 Å². The Morgan fingerprint density at radius 1 is 1.62 bits per heavy atom. The number of carbonyl (C=O) groups is 1. The molecular formula is C11H22N2O3. The number of amides is 1. The summed E-state index contributed by atoms with van der Waals surface area (Å²) >= 11 is 0. The number of likely N-dealkylation sites (N-methyl/N-ethyl adjacent to an activating group) is 1. The van der Waals surface area contributed by atoms with Crippen molar-refractivity contribution in [3.8, 4) is 0 Å². The average Bonchev–Trinajstić information content (AvgIpc) is 3.00. The quantitative estimate of drug-likeness (QED) is 0.623. The largest absolute Gasteiger partial charge is 0.389 e. The number of nitrogens with two attached hydrogens (primary N) is 1. The fourth-order valence-electron chi connectivity index (χ4n) is 1.71. The number of aliphatic hydroxyl groups is 1. The number of carbonyl (C=O) groups excluding carboxylic acids is 1. The van der Waals surface area contributed by atoms with Gasteiger partial charge in [0.25, 0.3) is 0 Å². The summed E-state index contributed by atoms with van der Waals surface area (Å²) < 4.78 is 4.80. The second-order valence-electron chi connectivity index (χ2n) is 4.59. The topological polar surface area (TPSA) is 75.8 Å². The molecule has 0 radical (unpaired) electrons. The van der Waals surface area contributed by atoms with Crippen LogP contribution in [0.5, 0.6) is 0 Å². The molecule has 0 saturated heterocycles. The van der Waals surface area contributed by atoms with Crippen LogP contribution in [0.1, 0.15) is 19.3 Å². The Bertz CT molecular complexity index is 231. The molecule has 0 aromatic heterocycles. The van der Waals surface area contributed by atoms with Crippen LogP contribution < -0.4 is 5.73 Å². The van der Waals surface area contributed by atoms with Gasteiger partial charge in [-0.15, -0.1) is 0 Å². The Morgan fingerprint density at radius 3 is 2.75 bits per heavy atom. The molecule has 0 aromatic carbocycles. The summed E-state index contributed by atoms with van der Waals surface area (Å²) in [5.41, 5.74) is 5.87. The molecule has 2 unspecified atom stereocenters. The minimum absolute atomic E-state index is 0.00504. The summed E-state index contributed by atoms with van der Waals surface area (Å²) in [6, 6.07) is -0.0190. The van der Waals surface area contributed by atoms with E-state index in [9.17, 15) is 9.90 Å². The zero-order valence-corrected chi connectivity index (χ0v) is 10.1. The molecule has 2 atom stereocenters. The van der Waals surface area contributed by atoms with Crippen molar-refractivity contribution in [3.63, 3.8) is 0 Å². The molecule has 0 bridgehead atoms. The van der Waals surface area contributed by atoms with Gasteiger partial charge in [0, 0.05) is 33.2 Å². The van der Waals surface area contributed by atoms with Crippen LogP contribution in [0.25, 0.3) is 0 Å². The number of hydrogen-bond acceptors (Lipinski definition) is 4. The average molecular weight is 230 g/mol. The van der Waals surface area contributed by atoms with E-state index in [2.05, 4.69) is 0 Å². The number of aliphatic hydroxyl groups excluding tert-OH is 1. The zero-order chi connectivity index (χ0) is 12.1. The Morgan fingerprint density at radius 2 is 2.25 bits per heavy atom. The maximum absolute atomic E-state index is 11.7. The Labute approximate surface area is 96.6 Å². The summed E-state index contributed by atoms with van der Waals surface area (Å²) in [5.74, 6) is 0.524. The minimum atomic E-state index is -0.629. The molecule has 0 aliphatic heterocycles. The van der Waals surface area contributed by atoms with Crippen LogP contribution in [0.2, 0.25) is 0 Å². The maximum atomic E-state index is 11.7. The number of hydrogen-bond donors (Lipinski definition) is 2. The molecule has 1 amide bonds. The van der Waals surface area contributed by atoms with Gasteiger partial charge in [-0.05, 0) is 18.8 Å². The summed E-state index contributed by atoms with van der Waals surface area (Å²) in [7, 11) is 3.20. The lowest BCUT2D eigenvalue weighted by Crippen LogP contribution is -2.39. The predicted octanol–water partition coefficient (Wildman–Crippen LogP) is -0.420. The van der Waals surface area contributed by atoms with E-state index < -0.39 is 6.10 Å². The zero-order valence-electron chi connectivity index (χ0n) is 10.1. The SMILES string of the molecule is COCC(O)CN(C)C(=O)CC(N)C1CC1. The van der Waals surface area contributed by atoms with Crippen molar-refractivity contribution in [1.29, 1.82) is 0 Å². The molecule has 0 heterocycles. The highest BCUT2D eigenvalue weighted by Gasteiger charge is 2.30. The van der Waals surface area contributed by atoms with Gasteiger partial charge < -0.3 is 20.5 Å². The molecule has 94 valence electrons. The van der Waals surface area contributed by atoms with Gasteiger partial charge in [0.15, 0.2) is 0 Å². The van der Waals surface area contributed by atoms with E-state index >= 15 is 0 Å². The van der Waals surface area contributed by atoms with Crippen molar-refractivity contribution in [1.82, 2.24) is 4.90 Å². The van der Waals surface area contributed by atoms with Crippen molar-refractivity contribution >= 4 is 5.91 Å². The Kier molecular flexibility index (Phi) is 5.18. The van der Waals surface area contributed by atoms with Gasteiger partial charge in [0.05, 0.1) is 12.7 Å². The van der Waals surface area contributed by atoms with Crippen molar-refractivity contribution < 1.29 is 14.6 Å². The highest BCUT2D eigenvalue weighted by molar-refractivity contribution is 5.76. The monoisotopic (exact) mass is 230 g/mol. The number of methoxy groups -OCH3 is 1. The Hall–Kier alpha value is -0.650. The first-order chi connectivity index (χ1) is 7.54. The van der Waals surface area contributed by atoms with Crippen LogP contribution >= 0.6 is 0 Å². The van der Waals surface area contributed by atoms with Gasteiger partial charge in [-0.3, -0.25) is 4.79 Å². The van der Waals surface area contributed by atoms with Crippen LogP contribution in [0.15, 0.2) is 0 Å². The molecule has 0 spiro atoms. The van der Waals surface area contributed by atoms with E-state index in [0.717, 1.165) is 12.8 Å². The van der Waals surface area contributed by atoms with Crippen LogP contribution in [0.3, 0.4) is 0 Å².